The van der Waals surface area contributed by atoms with Gasteiger partial charge in [-0.2, -0.15) is 11.8 Å². The molecule has 1 aliphatic rings. The molecule has 0 amide bonds. The van der Waals surface area contributed by atoms with Gasteiger partial charge in [-0.25, -0.2) is 0 Å². The fraction of sp³-hybridized carbons (Fsp3) is 0.538. The Morgan fingerprint density at radius 2 is 2.29 bits per heavy atom. The van der Waals surface area contributed by atoms with Crippen LogP contribution < -0.4 is 10.1 Å². The van der Waals surface area contributed by atoms with Crippen LogP contribution in [0.5, 0.6) is 5.75 Å². The Hall–Kier alpha value is -0.540. The molecular formula is C13H18ClNOS. The second-order valence-corrected chi connectivity index (χ2v) is 6.24. The van der Waals surface area contributed by atoms with Crippen molar-refractivity contribution < 1.29 is 4.74 Å². The Balaban J connectivity index is 2.13. The van der Waals surface area contributed by atoms with Gasteiger partial charge in [0.2, 0.25) is 0 Å². The highest BCUT2D eigenvalue weighted by Gasteiger charge is 2.22. The van der Waals surface area contributed by atoms with Crippen LogP contribution >= 0.6 is 23.4 Å². The zero-order chi connectivity index (χ0) is 12.3. The fourth-order valence-electron chi connectivity index (χ4n) is 2.11. The van der Waals surface area contributed by atoms with Crippen LogP contribution in [-0.4, -0.2) is 24.2 Å². The van der Waals surface area contributed by atoms with Crippen LogP contribution in [0.4, 0.5) is 5.69 Å². The molecule has 1 aliphatic heterocycles. The molecule has 0 radical (unpaired) electrons. The molecule has 1 aromatic carbocycles. The summed E-state index contributed by atoms with van der Waals surface area (Å²) < 4.78 is 5.35. The predicted octanol–water partition coefficient (Wildman–Crippen LogP) is 4.04. The molecule has 0 spiro atoms. The van der Waals surface area contributed by atoms with Crippen molar-refractivity contribution in [2.24, 2.45) is 0 Å². The number of benzene rings is 1. The number of halogens is 1. The number of hydrogen-bond donors (Lipinski definition) is 1. The van der Waals surface area contributed by atoms with Crippen LogP contribution in [0.1, 0.15) is 19.8 Å². The largest absolute Gasteiger partial charge is 0.495 e. The average Bonchev–Trinajstić information content (AvgIpc) is 2.32. The molecule has 1 aromatic rings. The van der Waals surface area contributed by atoms with E-state index in [1.54, 1.807) is 7.11 Å². The van der Waals surface area contributed by atoms with Gasteiger partial charge in [0.1, 0.15) is 5.75 Å². The maximum atomic E-state index is 6.03. The van der Waals surface area contributed by atoms with Crippen molar-refractivity contribution in [2.45, 2.75) is 31.1 Å². The van der Waals surface area contributed by atoms with Gasteiger partial charge in [0.05, 0.1) is 12.8 Å². The lowest BCUT2D eigenvalue weighted by molar-refractivity contribution is 0.415. The summed E-state index contributed by atoms with van der Waals surface area (Å²) in [6.45, 7) is 2.28. The summed E-state index contributed by atoms with van der Waals surface area (Å²) >= 11 is 8.05. The maximum absolute atomic E-state index is 6.03. The number of ether oxygens (including phenoxy) is 1. The summed E-state index contributed by atoms with van der Waals surface area (Å²) in [6, 6.07) is 6.20. The van der Waals surface area contributed by atoms with Gasteiger partial charge in [0, 0.05) is 16.3 Å². The number of nitrogens with one attached hydrogen (secondary N) is 1. The van der Waals surface area contributed by atoms with Gasteiger partial charge in [0.25, 0.3) is 0 Å². The number of methoxy groups -OCH3 is 1. The van der Waals surface area contributed by atoms with E-state index in [1.165, 1.54) is 18.6 Å². The second kappa shape index (κ2) is 5.87. The molecular weight excluding hydrogens is 254 g/mol. The molecule has 2 atom stereocenters. The number of rotatable bonds is 3. The predicted molar refractivity (Wildman–Crippen MR) is 76.6 cm³/mol. The van der Waals surface area contributed by atoms with E-state index in [1.807, 2.05) is 30.0 Å². The minimum atomic E-state index is 0.501. The maximum Gasteiger partial charge on any atom is 0.142 e. The highest BCUT2D eigenvalue weighted by atomic mass is 35.5. The second-order valence-electron chi connectivity index (χ2n) is 4.31. The lowest BCUT2D eigenvalue weighted by Gasteiger charge is -2.30. The number of thioether (sulfide) groups is 1. The summed E-state index contributed by atoms with van der Waals surface area (Å²) in [5.41, 5.74) is 0.999. The molecule has 4 heteroatoms. The van der Waals surface area contributed by atoms with E-state index in [0.717, 1.165) is 16.5 Å². The summed E-state index contributed by atoms with van der Waals surface area (Å²) in [4.78, 5) is 0. The summed E-state index contributed by atoms with van der Waals surface area (Å²) in [6.07, 6.45) is 2.49. The third-order valence-corrected chi connectivity index (χ3v) is 4.72. The molecule has 1 N–H and O–H groups in total. The quantitative estimate of drug-likeness (QED) is 0.896. The van der Waals surface area contributed by atoms with E-state index in [4.69, 9.17) is 16.3 Å². The van der Waals surface area contributed by atoms with E-state index < -0.39 is 0 Å². The Bertz CT molecular complexity index is 386. The Kier molecular flexibility index (Phi) is 4.46. The minimum absolute atomic E-state index is 0.501. The molecule has 0 aliphatic carbocycles. The highest BCUT2D eigenvalue weighted by molar-refractivity contribution is 8.00. The first-order chi connectivity index (χ1) is 8.20. The first-order valence-electron chi connectivity index (χ1n) is 5.92. The lowest BCUT2D eigenvalue weighted by Crippen LogP contribution is -2.32. The van der Waals surface area contributed by atoms with Crippen LogP contribution in [0.2, 0.25) is 5.02 Å². The normalized spacial score (nSPS) is 24.4. The van der Waals surface area contributed by atoms with E-state index >= 15 is 0 Å². The van der Waals surface area contributed by atoms with Crippen LogP contribution in [-0.2, 0) is 0 Å². The van der Waals surface area contributed by atoms with Crippen molar-refractivity contribution in [3.05, 3.63) is 23.2 Å². The molecule has 1 saturated heterocycles. The molecule has 0 saturated carbocycles. The standard InChI is InChI=1S/C13H18ClNOS/c1-9-11(4-3-7-17-9)15-12-8-10(14)5-6-13(12)16-2/h5-6,8-9,11,15H,3-4,7H2,1-2H3. The van der Waals surface area contributed by atoms with E-state index in [-0.39, 0.29) is 0 Å². The first kappa shape index (κ1) is 12.9. The Labute approximate surface area is 112 Å². The molecule has 0 bridgehead atoms. The number of hydrogen-bond acceptors (Lipinski definition) is 3. The van der Waals surface area contributed by atoms with Crippen LogP contribution in [0.25, 0.3) is 0 Å². The van der Waals surface area contributed by atoms with Crippen LogP contribution in [0.15, 0.2) is 18.2 Å². The van der Waals surface area contributed by atoms with Crippen molar-refractivity contribution in [2.75, 3.05) is 18.2 Å². The average molecular weight is 272 g/mol. The van der Waals surface area contributed by atoms with Gasteiger partial charge < -0.3 is 10.1 Å². The highest BCUT2D eigenvalue weighted by Crippen LogP contribution is 2.32. The topological polar surface area (TPSA) is 21.3 Å². The van der Waals surface area contributed by atoms with Crippen molar-refractivity contribution in [1.82, 2.24) is 0 Å². The van der Waals surface area contributed by atoms with Gasteiger partial charge in [-0.1, -0.05) is 18.5 Å². The molecule has 1 fully saturated rings. The molecule has 17 heavy (non-hydrogen) atoms. The Morgan fingerprint density at radius 1 is 1.47 bits per heavy atom. The summed E-state index contributed by atoms with van der Waals surface area (Å²) in [5.74, 6) is 2.13. The van der Waals surface area contributed by atoms with Gasteiger partial charge in [-0.3, -0.25) is 0 Å². The van der Waals surface area contributed by atoms with Gasteiger partial charge in [-0.15, -0.1) is 0 Å². The minimum Gasteiger partial charge on any atom is -0.495 e. The fourth-order valence-corrected chi connectivity index (χ4v) is 3.42. The van der Waals surface area contributed by atoms with Gasteiger partial charge in [-0.05, 0) is 36.8 Å². The van der Waals surface area contributed by atoms with Gasteiger partial charge in [0.15, 0.2) is 0 Å². The molecule has 0 aromatic heterocycles. The molecule has 2 rings (SSSR count). The van der Waals surface area contributed by atoms with E-state index in [0.29, 0.717) is 11.3 Å². The van der Waals surface area contributed by atoms with Crippen molar-refractivity contribution >= 4 is 29.1 Å². The van der Waals surface area contributed by atoms with Crippen molar-refractivity contribution in [3.63, 3.8) is 0 Å². The van der Waals surface area contributed by atoms with Crippen LogP contribution in [0, 0.1) is 0 Å². The van der Waals surface area contributed by atoms with Crippen molar-refractivity contribution in [3.8, 4) is 5.75 Å². The van der Waals surface area contributed by atoms with E-state index in [9.17, 15) is 0 Å². The molecule has 2 nitrogen and oxygen atoms in total. The third-order valence-electron chi connectivity index (χ3n) is 3.11. The van der Waals surface area contributed by atoms with E-state index in [2.05, 4.69) is 12.2 Å². The summed E-state index contributed by atoms with van der Waals surface area (Å²) in [5, 5.41) is 4.93. The molecule has 94 valence electrons. The number of anilines is 1. The molecule has 1 heterocycles. The summed E-state index contributed by atoms with van der Waals surface area (Å²) in [7, 11) is 1.69. The van der Waals surface area contributed by atoms with Crippen LogP contribution in [0.3, 0.4) is 0 Å². The van der Waals surface area contributed by atoms with Crippen molar-refractivity contribution in [1.29, 1.82) is 0 Å². The Morgan fingerprint density at radius 3 is 3.00 bits per heavy atom. The smallest absolute Gasteiger partial charge is 0.142 e. The SMILES string of the molecule is COc1ccc(Cl)cc1NC1CCCSC1C. The zero-order valence-electron chi connectivity index (χ0n) is 10.2. The molecule has 2 unspecified atom stereocenters. The lowest BCUT2D eigenvalue weighted by atomic mass is 10.1. The monoisotopic (exact) mass is 271 g/mol. The zero-order valence-corrected chi connectivity index (χ0v) is 11.8. The first-order valence-corrected chi connectivity index (χ1v) is 7.35. The third kappa shape index (κ3) is 3.23. The van der Waals surface area contributed by atoms with Gasteiger partial charge >= 0.3 is 0 Å².